The number of aromatic nitrogens is 6. The van der Waals surface area contributed by atoms with Gasteiger partial charge in [-0.1, -0.05) is 146 Å². The molecule has 0 spiro atoms. The molecule has 0 saturated heterocycles. The Hall–Kier alpha value is -6.31. The number of nitrogens with zero attached hydrogens (tertiary/aromatic N) is 6. The summed E-state index contributed by atoms with van der Waals surface area (Å²) in [6, 6.07) is 53.7. The summed E-state index contributed by atoms with van der Waals surface area (Å²) in [6.45, 7) is 0. The highest BCUT2D eigenvalue weighted by Gasteiger charge is 2.33. The molecule has 0 amide bonds. The number of benzene rings is 6. The van der Waals surface area contributed by atoms with Crippen molar-refractivity contribution in [2.75, 3.05) is 12.5 Å². The van der Waals surface area contributed by atoms with Crippen LogP contribution in [0.25, 0.3) is 79.5 Å². The van der Waals surface area contributed by atoms with Crippen LogP contribution in [0.4, 0.5) is 0 Å². The van der Waals surface area contributed by atoms with Crippen LogP contribution in [0.2, 0.25) is 0 Å². The summed E-state index contributed by atoms with van der Waals surface area (Å²) in [6.07, 6.45) is 4.73. The largest absolute Gasteiger partial charge is 0.208 e. The van der Waals surface area contributed by atoms with E-state index in [1.165, 1.54) is 20.9 Å². The van der Waals surface area contributed by atoms with E-state index in [2.05, 4.69) is 48.9 Å². The van der Waals surface area contributed by atoms with Gasteiger partial charge in [0.2, 0.25) is 0 Å². The van der Waals surface area contributed by atoms with Gasteiger partial charge in [-0.15, -0.1) is 0 Å². The highest BCUT2D eigenvalue weighted by Crippen LogP contribution is 2.68. The van der Waals surface area contributed by atoms with Gasteiger partial charge in [0.15, 0.2) is 34.9 Å². The predicted molar refractivity (Wildman–Crippen MR) is 207 cm³/mol. The quantitative estimate of drug-likeness (QED) is 0.174. The van der Waals surface area contributed by atoms with Crippen molar-refractivity contribution in [3.8, 4) is 79.5 Å². The van der Waals surface area contributed by atoms with Crippen LogP contribution in [-0.2, 0) is 0 Å². The van der Waals surface area contributed by atoms with Gasteiger partial charge in [-0.3, -0.25) is 0 Å². The van der Waals surface area contributed by atoms with Crippen LogP contribution in [0.1, 0.15) is 0 Å². The molecule has 244 valence electrons. The minimum absolute atomic E-state index is 0.654. The van der Waals surface area contributed by atoms with Gasteiger partial charge >= 0.3 is 0 Å². The lowest BCUT2D eigenvalue weighted by atomic mass is 10.0. The number of hydrogen-bond acceptors (Lipinski definition) is 6. The first-order valence-electron chi connectivity index (χ1n) is 16.8. The summed E-state index contributed by atoms with van der Waals surface area (Å²) >= 11 is 0. The maximum absolute atomic E-state index is 5.01. The molecule has 2 aromatic heterocycles. The fourth-order valence-corrected chi connectivity index (χ4v) is 9.14. The zero-order valence-electron chi connectivity index (χ0n) is 28.1. The molecule has 0 bridgehead atoms. The van der Waals surface area contributed by atoms with Crippen LogP contribution in [0.15, 0.2) is 168 Å². The Morgan fingerprint density at radius 3 is 0.824 bits per heavy atom. The predicted octanol–water partition coefficient (Wildman–Crippen LogP) is 10.5. The van der Waals surface area contributed by atoms with Crippen LogP contribution in [0.3, 0.4) is 0 Å². The van der Waals surface area contributed by atoms with Gasteiger partial charge in [0.05, 0.1) is 0 Å². The molecule has 9 rings (SSSR count). The third-order valence-electron chi connectivity index (χ3n) is 9.27. The van der Waals surface area contributed by atoms with Crippen molar-refractivity contribution in [1.82, 2.24) is 29.9 Å². The van der Waals surface area contributed by atoms with Gasteiger partial charge in [-0.2, -0.15) is 10.0 Å². The fourth-order valence-electron chi connectivity index (χ4n) is 6.61. The maximum atomic E-state index is 5.01. The summed E-state index contributed by atoms with van der Waals surface area (Å²) in [5.74, 6) is 3.93. The van der Waals surface area contributed by atoms with E-state index in [1.54, 1.807) is 0 Å². The first-order valence-corrected chi connectivity index (χ1v) is 19.2. The van der Waals surface area contributed by atoms with Gasteiger partial charge in [0.1, 0.15) is 0 Å². The summed E-state index contributed by atoms with van der Waals surface area (Å²) in [5.41, 5.74) is 8.24. The first-order chi connectivity index (χ1) is 25.0. The maximum Gasteiger partial charge on any atom is 0.164 e. The van der Waals surface area contributed by atoms with E-state index < -0.39 is 10.0 Å². The molecular weight excluding hydrogens is 645 g/mol. The Morgan fingerprint density at radius 1 is 0.294 bits per heavy atom. The standard InChI is InChI=1S/C44H32N6S/c1-51(2)37-27-33(43-47-39(29-15-7-3-8-16-29)45-40(48-43)30-17-9-4-10-18-30)23-25-35(37)36-26-24-34(28-38(36)51)44-49-41(31-19-11-5-12-20-31)46-42(50-44)32-21-13-6-14-22-32/h3-28H,1-2H3. The van der Waals surface area contributed by atoms with Gasteiger partial charge in [0, 0.05) is 43.2 Å². The van der Waals surface area contributed by atoms with Crippen LogP contribution >= 0.6 is 10.0 Å². The SMILES string of the molecule is CS1(C)c2cc(-c3nc(-c4ccccc4)nc(-c4ccccc4)n3)ccc2-c2ccc(-c3nc(-c4ccccc4)nc(-c4ccccc4)n3)cc21. The molecule has 0 fully saturated rings. The molecule has 0 aliphatic carbocycles. The van der Waals surface area contributed by atoms with Crippen molar-refractivity contribution in [3.05, 3.63) is 158 Å². The zero-order valence-corrected chi connectivity index (χ0v) is 28.9. The molecule has 0 saturated carbocycles. The molecule has 8 aromatic rings. The Balaban J connectivity index is 1.14. The Bertz CT molecular complexity index is 2250. The summed E-state index contributed by atoms with van der Waals surface area (Å²) in [7, 11) is -1.42. The highest BCUT2D eigenvalue weighted by molar-refractivity contribution is 8.33. The second kappa shape index (κ2) is 12.5. The smallest absolute Gasteiger partial charge is 0.164 e. The number of hydrogen-bond donors (Lipinski definition) is 0. The molecule has 7 heteroatoms. The monoisotopic (exact) mass is 676 g/mol. The van der Waals surface area contributed by atoms with E-state index in [9.17, 15) is 0 Å². The van der Waals surface area contributed by atoms with Crippen molar-refractivity contribution in [3.63, 3.8) is 0 Å². The summed E-state index contributed by atoms with van der Waals surface area (Å²) in [5, 5.41) is 0. The van der Waals surface area contributed by atoms with Gasteiger partial charge in [0.25, 0.3) is 0 Å². The molecule has 1 aliphatic rings. The summed E-state index contributed by atoms with van der Waals surface area (Å²) < 4.78 is 0. The second-order valence-corrected chi connectivity index (χ2v) is 16.4. The molecule has 0 radical (unpaired) electrons. The number of fused-ring (bicyclic) bond motifs is 3. The molecule has 0 atom stereocenters. The zero-order chi connectivity index (χ0) is 34.4. The van der Waals surface area contributed by atoms with E-state index in [0.29, 0.717) is 34.9 Å². The lowest BCUT2D eigenvalue weighted by Gasteiger charge is -2.28. The number of rotatable bonds is 6. The van der Waals surface area contributed by atoms with E-state index in [1.807, 2.05) is 121 Å². The highest BCUT2D eigenvalue weighted by atomic mass is 32.3. The van der Waals surface area contributed by atoms with Crippen molar-refractivity contribution in [2.45, 2.75) is 9.79 Å². The average Bonchev–Trinajstić information content (AvgIpc) is 3.43. The second-order valence-electron chi connectivity index (χ2n) is 12.8. The molecule has 1 aliphatic heterocycles. The van der Waals surface area contributed by atoms with Gasteiger partial charge < -0.3 is 0 Å². The van der Waals surface area contributed by atoms with Crippen LogP contribution in [-0.4, -0.2) is 42.4 Å². The lowest BCUT2D eigenvalue weighted by molar-refractivity contribution is 1.07. The first kappa shape index (κ1) is 30.7. The van der Waals surface area contributed by atoms with Crippen molar-refractivity contribution in [2.24, 2.45) is 0 Å². The third-order valence-corrected chi connectivity index (χ3v) is 12.1. The van der Waals surface area contributed by atoms with Crippen molar-refractivity contribution >= 4 is 10.0 Å². The minimum Gasteiger partial charge on any atom is -0.208 e. The molecule has 0 N–H and O–H groups in total. The van der Waals surface area contributed by atoms with Crippen LogP contribution in [0, 0.1) is 0 Å². The van der Waals surface area contributed by atoms with E-state index in [-0.39, 0.29) is 0 Å². The minimum atomic E-state index is -1.42. The Morgan fingerprint density at radius 2 is 0.549 bits per heavy atom. The van der Waals surface area contributed by atoms with E-state index in [4.69, 9.17) is 29.9 Å². The van der Waals surface area contributed by atoms with Crippen LogP contribution < -0.4 is 0 Å². The van der Waals surface area contributed by atoms with E-state index in [0.717, 1.165) is 33.4 Å². The van der Waals surface area contributed by atoms with Gasteiger partial charge in [-0.25, -0.2) is 29.9 Å². The lowest BCUT2D eigenvalue weighted by Crippen LogP contribution is -2.01. The average molecular weight is 677 g/mol. The van der Waals surface area contributed by atoms with Crippen molar-refractivity contribution < 1.29 is 0 Å². The normalized spacial score (nSPS) is 13.3. The van der Waals surface area contributed by atoms with Crippen molar-refractivity contribution in [1.29, 1.82) is 0 Å². The molecule has 6 nitrogen and oxygen atoms in total. The van der Waals surface area contributed by atoms with E-state index >= 15 is 0 Å². The molecule has 6 aromatic carbocycles. The summed E-state index contributed by atoms with van der Waals surface area (Å²) in [4.78, 5) is 32.4. The van der Waals surface area contributed by atoms with Crippen LogP contribution in [0.5, 0.6) is 0 Å². The Kier molecular flexibility index (Phi) is 7.55. The van der Waals surface area contributed by atoms with Gasteiger partial charge in [-0.05, 0) is 35.8 Å². The third kappa shape index (κ3) is 5.67. The molecule has 0 unspecified atom stereocenters. The Labute approximate surface area is 298 Å². The topological polar surface area (TPSA) is 77.3 Å². The molecular formula is C44H32N6S. The fraction of sp³-hybridized carbons (Fsp3) is 0.0455. The molecule has 3 heterocycles. The molecule has 51 heavy (non-hydrogen) atoms.